The highest BCUT2D eigenvalue weighted by Crippen LogP contribution is 2.10. The van der Waals surface area contributed by atoms with Crippen molar-refractivity contribution in [2.24, 2.45) is 0 Å². The first-order valence-electron chi connectivity index (χ1n) is 6.64. The third-order valence-electron chi connectivity index (χ3n) is 3.29. The zero-order valence-corrected chi connectivity index (χ0v) is 13.2. The molecule has 4 N–H and O–H groups in total. The molecule has 1 aromatic heterocycles. The lowest BCUT2D eigenvalue weighted by Crippen LogP contribution is -2.41. The normalized spacial score (nSPS) is 13.7. The summed E-state index contributed by atoms with van der Waals surface area (Å²) in [6.07, 6.45) is 2.26. The smallest absolute Gasteiger partial charge is 0.325 e. The molecule has 0 aliphatic heterocycles. The summed E-state index contributed by atoms with van der Waals surface area (Å²) in [5.74, 6) is -0.194. The van der Waals surface area contributed by atoms with Gasteiger partial charge in [0.15, 0.2) is 0 Å². The van der Waals surface area contributed by atoms with Crippen LogP contribution in [0.3, 0.4) is 0 Å². The predicted molar refractivity (Wildman–Crippen MR) is 82.7 cm³/mol. The summed E-state index contributed by atoms with van der Waals surface area (Å²) in [5, 5.41) is 11.9. The van der Waals surface area contributed by atoms with Crippen molar-refractivity contribution in [1.82, 2.24) is 15.3 Å². The molecule has 0 saturated carbocycles. The van der Waals surface area contributed by atoms with Gasteiger partial charge in [-0.15, -0.1) is 0 Å². The molecule has 0 spiro atoms. The predicted octanol–water partition coefficient (Wildman–Crippen LogP) is -0.467. The Morgan fingerprint density at radius 2 is 2.05 bits per heavy atom. The highest BCUT2D eigenvalue weighted by Gasteiger charge is 2.17. The Kier molecular flexibility index (Phi) is 6.70. The van der Waals surface area contributed by atoms with Crippen LogP contribution < -0.4 is 16.6 Å². The minimum atomic E-state index is -0.551. The zero-order chi connectivity index (χ0) is 16.0. The number of aromatic nitrogens is 2. The lowest BCUT2D eigenvalue weighted by molar-refractivity contribution is -0.121. The number of thioether (sulfide) groups is 1. The molecule has 8 heteroatoms. The Hall–Kier alpha value is -1.54. The maximum atomic E-state index is 11.9. The van der Waals surface area contributed by atoms with Gasteiger partial charge in [0.2, 0.25) is 5.91 Å². The number of amides is 1. The van der Waals surface area contributed by atoms with Gasteiger partial charge < -0.3 is 15.4 Å². The standard InChI is InChI=1S/C13H21N3O4S/c1-7-9(12(19)16-13(20)15-7)4-5-11(18)14-8(2)10(6-17)21-3/h8,10,17H,4-6H2,1-3H3,(H,14,18)(H2,15,16,19,20). The molecule has 1 aromatic rings. The van der Waals surface area contributed by atoms with E-state index in [4.69, 9.17) is 5.11 Å². The number of hydrogen-bond donors (Lipinski definition) is 4. The summed E-state index contributed by atoms with van der Waals surface area (Å²) in [6.45, 7) is 3.44. The maximum absolute atomic E-state index is 11.9. The topological polar surface area (TPSA) is 115 Å². The van der Waals surface area contributed by atoms with Crippen LogP contribution in [0.5, 0.6) is 0 Å². The lowest BCUT2D eigenvalue weighted by atomic mass is 10.1. The molecule has 0 aliphatic rings. The van der Waals surface area contributed by atoms with Crippen LogP contribution in [-0.2, 0) is 11.2 Å². The Labute approximate surface area is 126 Å². The van der Waals surface area contributed by atoms with Gasteiger partial charge in [0.05, 0.1) is 6.61 Å². The van der Waals surface area contributed by atoms with Crippen LogP contribution in [-0.4, -0.2) is 45.1 Å². The molecule has 0 aliphatic carbocycles. The number of aromatic amines is 2. The summed E-state index contributed by atoms with van der Waals surface area (Å²) in [7, 11) is 0. The number of aliphatic hydroxyl groups is 1. The van der Waals surface area contributed by atoms with Gasteiger partial charge in [-0.2, -0.15) is 11.8 Å². The first kappa shape index (κ1) is 17.5. The van der Waals surface area contributed by atoms with E-state index in [9.17, 15) is 14.4 Å². The third kappa shape index (κ3) is 5.05. The van der Waals surface area contributed by atoms with Crippen molar-refractivity contribution in [3.8, 4) is 0 Å². The number of carbonyl (C=O) groups excluding carboxylic acids is 1. The second-order valence-electron chi connectivity index (χ2n) is 4.82. The molecule has 1 heterocycles. The largest absolute Gasteiger partial charge is 0.395 e. The summed E-state index contributed by atoms with van der Waals surface area (Å²) >= 11 is 1.48. The zero-order valence-electron chi connectivity index (χ0n) is 12.4. The number of aliphatic hydroxyl groups excluding tert-OH is 1. The van der Waals surface area contributed by atoms with Gasteiger partial charge in [-0.05, 0) is 26.5 Å². The number of carbonyl (C=O) groups is 1. The average molecular weight is 315 g/mol. The number of hydrogen-bond acceptors (Lipinski definition) is 5. The second-order valence-corrected chi connectivity index (χ2v) is 5.90. The maximum Gasteiger partial charge on any atom is 0.325 e. The highest BCUT2D eigenvalue weighted by molar-refractivity contribution is 7.99. The lowest BCUT2D eigenvalue weighted by Gasteiger charge is -2.21. The molecule has 0 radical (unpaired) electrons. The second kappa shape index (κ2) is 8.04. The summed E-state index contributed by atoms with van der Waals surface area (Å²) < 4.78 is 0. The van der Waals surface area contributed by atoms with Crippen LogP contribution >= 0.6 is 11.8 Å². The number of rotatable bonds is 7. The van der Waals surface area contributed by atoms with Gasteiger partial charge in [-0.3, -0.25) is 14.6 Å². The van der Waals surface area contributed by atoms with E-state index in [0.717, 1.165) is 0 Å². The molecule has 7 nitrogen and oxygen atoms in total. The van der Waals surface area contributed by atoms with Crippen LogP contribution in [0.2, 0.25) is 0 Å². The summed E-state index contributed by atoms with van der Waals surface area (Å²) in [6, 6.07) is -0.160. The Balaban J connectivity index is 2.62. The van der Waals surface area contributed by atoms with Crippen LogP contribution in [0.25, 0.3) is 0 Å². The molecular weight excluding hydrogens is 294 g/mol. The fourth-order valence-corrected chi connectivity index (χ4v) is 2.65. The Morgan fingerprint density at radius 3 is 2.57 bits per heavy atom. The number of nitrogens with one attached hydrogen (secondary N) is 3. The third-order valence-corrected chi connectivity index (χ3v) is 4.45. The summed E-state index contributed by atoms with van der Waals surface area (Å²) in [5.41, 5.74) is -0.137. The molecule has 1 amide bonds. The molecule has 0 saturated heterocycles. The van der Waals surface area contributed by atoms with Crippen molar-refractivity contribution in [3.63, 3.8) is 0 Å². The van der Waals surface area contributed by atoms with E-state index in [-0.39, 0.29) is 36.6 Å². The van der Waals surface area contributed by atoms with E-state index in [1.807, 2.05) is 13.2 Å². The van der Waals surface area contributed by atoms with Crippen molar-refractivity contribution >= 4 is 17.7 Å². The van der Waals surface area contributed by atoms with Crippen molar-refractivity contribution in [2.45, 2.75) is 38.0 Å². The molecule has 2 unspecified atom stereocenters. The molecule has 0 bridgehead atoms. The van der Waals surface area contributed by atoms with E-state index in [1.54, 1.807) is 6.92 Å². The SMILES string of the molecule is CSC(CO)C(C)NC(=O)CCc1c(C)[nH]c(=O)[nH]c1=O. The minimum absolute atomic E-state index is 0.0126. The first-order valence-corrected chi connectivity index (χ1v) is 7.93. The van der Waals surface area contributed by atoms with Crippen LogP contribution in [0.15, 0.2) is 9.59 Å². The first-order chi connectivity index (χ1) is 9.88. The molecule has 0 fully saturated rings. The monoisotopic (exact) mass is 315 g/mol. The van der Waals surface area contributed by atoms with Crippen molar-refractivity contribution in [2.75, 3.05) is 12.9 Å². The van der Waals surface area contributed by atoms with E-state index >= 15 is 0 Å². The summed E-state index contributed by atoms with van der Waals surface area (Å²) in [4.78, 5) is 39.2. The van der Waals surface area contributed by atoms with Crippen LogP contribution in [0.4, 0.5) is 0 Å². The number of aryl methyl sites for hydroxylation is 1. The number of H-pyrrole nitrogens is 2. The van der Waals surface area contributed by atoms with Crippen molar-refractivity contribution in [1.29, 1.82) is 0 Å². The van der Waals surface area contributed by atoms with Crippen molar-refractivity contribution < 1.29 is 9.90 Å². The molecule has 2 atom stereocenters. The quantitative estimate of drug-likeness (QED) is 0.543. The molecule has 21 heavy (non-hydrogen) atoms. The molecule has 0 aromatic carbocycles. The van der Waals surface area contributed by atoms with Gasteiger partial charge in [-0.1, -0.05) is 0 Å². The van der Waals surface area contributed by atoms with Gasteiger partial charge in [0.25, 0.3) is 5.56 Å². The molecule has 1 rings (SSSR count). The Morgan fingerprint density at radius 1 is 1.38 bits per heavy atom. The van der Waals surface area contributed by atoms with Gasteiger partial charge in [0.1, 0.15) is 0 Å². The fourth-order valence-electron chi connectivity index (χ4n) is 2.02. The van der Waals surface area contributed by atoms with Crippen molar-refractivity contribution in [3.05, 3.63) is 32.1 Å². The minimum Gasteiger partial charge on any atom is -0.395 e. The Bertz CT molecular complexity index is 592. The van der Waals surface area contributed by atoms with E-state index in [1.165, 1.54) is 11.8 Å². The average Bonchev–Trinajstić information content (AvgIpc) is 2.38. The van der Waals surface area contributed by atoms with Crippen LogP contribution in [0, 0.1) is 6.92 Å². The van der Waals surface area contributed by atoms with Gasteiger partial charge >= 0.3 is 5.69 Å². The van der Waals surface area contributed by atoms with Gasteiger partial charge in [-0.25, -0.2) is 4.79 Å². The van der Waals surface area contributed by atoms with E-state index < -0.39 is 11.2 Å². The van der Waals surface area contributed by atoms with Gasteiger partial charge in [0, 0.05) is 29.0 Å². The molecule has 118 valence electrons. The van der Waals surface area contributed by atoms with E-state index in [2.05, 4.69) is 15.3 Å². The fraction of sp³-hybridized carbons (Fsp3) is 0.615. The highest BCUT2D eigenvalue weighted by atomic mass is 32.2. The van der Waals surface area contributed by atoms with E-state index in [0.29, 0.717) is 11.3 Å². The molecular formula is C13H21N3O4S. The van der Waals surface area contributed by atoms with Crippen LogP contribution in [0.1, 0.15) is 24.6 Å².